The van der Waals surface area contributed by atoms with E-state index in [-0.39, 0.29) is 6.10 Å². The van der Waals surface area contributed by atoms with Crippen LogP contribution in [0.5, 0.6) is 0 Å². The van der Waals surface area contributed by atoms with E-state index in [4.69, 9.17) is 9.47 Å². The second-order valence-corrected chi connectivity index (χ2v) is 4.91. The number of ether oxygens (including phenoxy) is 2. The monoisotopic (exact) mass is 202 g/mol. The normalized spacial score (nSPS) is 54.5. The number of rotatable bonds is 2. The highest BCUT2D eigenvalue weighted by Crippen LogP contribution is 2.52. The van der Waals surface area contributed by atoms with E-state index in [2.05, 4.69) is 19.6 Å². The van der Waals surface area contributed by atoms with E-state index in [0.717, 1.165) is 0 Å². The van der Waals surface area contributed by atoms with E-state index in [1.807, 2.05) is 0 Å². The summed E-state index contributed by atoms with van der Waals surface area (Å²) in [6.07, 6.45) is 1.80. The molecule has 0 aliphatic heterocycles. The molecule has 0 saturated heterocycles. The van der Waals surface area contributed by atoms with Crippen LogP contribution in [0.1, 0.15) is 13.3 Å². The molecule has 2 aliphatic carbocycles. The molecule has 0 aromatic heterocycles. The molecule has 5 unspecified atom stereocenters. The van der Waals surface area contributed by atoms with Crippen LogP contribution in [0.25, 0.3) is 0 Å². The van der Waals surface area contributed by atoms with Gasteiger partial charge in [-0.3, -0.25) is 0 Å². The van der Waals surface area contributed by atoms with Crippen molar-refractivity contribution in [3.05, 3.63) is 0 Å². The fraction of sp³-hybridized carbons (Fsp3) is 1.00. The van der Waals surface area contributed by atoms with Crippen LogP contribution in [0.3, 0.4) is 0 Å². The zero-order chi connectivity index (χ0) is 9.59. The van der Waals surface area contributed by atoms with Crippen LogP contribution in [-0.2, 0) is 9.47 Å². The highest BCUT2D eigenvalue weighted by molar-refractivity contribution is 7.81. The molecule has 3 heteroatoms. The van der Waals surface area contributed by atoms with Gasteiger partial charge in [0.05, 0.1) is 12.2 Å². The summed E-state index contributed by atoms with van der Waals surface area (Å²) < 4.78 is 11.0. The van der Waals surface area contributed by atoms with Gasteiger partial charge in [0.25, 0.3) is 0 Å². The lowest BCUT2D eigenvalue weighted by Gasteiger charge is -2.36. The maximum absolute atomic E-state index is 5.51. The number of methoxy groups -OCH3 is 2. The van der Waals surface area contributed by atoms with Crippen molar-refractivity contribution in [2.24, 2.45) is 17.8 Å². The molecular weight excluding hydrogens is 184 g/mol. The van der Waals surface area contributed by atoms with E-state index in [1.165, 1.54) is 6.42 Å². The van der Waals surface area contributed by atoms with Crippen molar-refractivity contribution in [3.8, 4) is 0 Å². The van der Waals surface area contributed by atoms with Gasteiger partial charge in [-0.05, 0) is 24.2 Å². The van der Waals surface area contributed by atoms with E-state index >= 15 is 0 Å². The summed E-state index contributed by atoms with van der Waals surface area (Å²) in [5.41, 5.74) is 0. The van der Waals surface area contributed by atoms with Gasteiger partial charge >= 0.3 is 0 Å². The molecule has 2 nitrogen and oxygen atoms in total. The minimum absolute atomic E-state index is 0.272. The number of thiol groups is 1. The second kappa shape index (κ2) is 3.44. The van der Waals surface area contributed by atoms with Crippen LogP contribution in [0.2, 0.25) is 0 Å². The summed E-state index contributed by atoms with van der Waals surface area (Å²) in [6, 6.07) is 0. The third-order valence-electron chi connectivity index (χ3n) is 3.91. The molecule has 2 saturated carbocycles. The van der Waals surface area contributed by atoms with Gasteiger partial charge in [-0.2, -0.15) is 12.6 Å². The molecule has 0 amide bonds. The van der Waals surface area contributed by atoms with Gasteiger partial charge in [-0.1, -0.05) is 6.92 Å². The Bertz CT molecular complexity index is 173. The molecule has 2 bridgehead atoms. The van der Waals surface area contributed by atoms with E-state index in [9.17, 15) is 0 Å². The number of hydrogen-bond acceptors (Lipinski definition) is 3. The fourth-order valence-corrected chi connectivity index (χ4v) is 3.69. The topological polar surface area (TPSA) is 18.5 Å². The third kappa shape index (κ3) is 1.24. The molecule has 0 aromatic rings. The van der Waals surface area contributed by atoms with Gasteiger partial charge < -0.3 is 9.47 Å². The maximum Gasteiger partial charge on any atom is 0.0874 e. The Morgan fingerprint density at radius 3 is 2.15 bits per heavy atom. The molecule has 76 valence electrons. The average molecular weight is 202 g/mol. The van der Waals surface area contributed by atoms with Crippen LogP contribution in [0.15, 0.2) is 0 Å². The lowest BCUT2D eigenvalue weighted by Crippen LogP contribution is -2.43. The SMILES string of the molecule is COC1C2CC(C1OC)[C@H](C)C2S. The molecule has 0 heterocycles. The first-order valence-electron chi connectivity index (χ1n) is 4.94. The molecule has 0 N–H and O–H groups in total. The van der Waals surface area contributed by atoms with Gasteiger partial charge in [0.15, 0.2) is 0 Å². The number of hydrogen-bond donors (Lipinski definition) is 1. The summed E-state index contributed by atoms with van der Waals surface area (Å²) in [6.45, 7) is 2.28. The van der Waals surface area contributed by atoms with Gasteiger partial charge in [0, 0.05) is 19.5 Å². The third-order valence-corrected chi connectivity index (χ3v) is 4.76. The largest absolute Gasteiger partial charge is 0.378 e. The van der Waals surface area contributed by atoms with E-state index < -0.39 is 0 Å². The second-order valence-electron chi connectivity index (χ2n) is 4.31. The van der Waals surface area contributed by atoms with Crippen molar-refractivity contribution >= 4 is 12.6 Å². The van der Waals surface area contributed by atoms with Crippen LogP contribution in [-0.4, -0.2) is 31.7 Å². The van der Waals surface area contributed by atoms with Crippen molar-refractivity contribution in [1.82, 2.24) is 0 Å². The molecule has 2 rings (SSSR count). The lowest BCUT2D eigenvalue weighted by atomic mass is 9.85. The van der Waals surface area contributed by atoms with Crippen LogP contribution >= 0.6 is 12.6 Å². The maximum atomic E-state index is 5.51. The highest BCUT2D eigenvalue weighted by atomic mass is 32.1. The Morgan fingerprint density at radius 2 is 1.62 bits per heavy atom. The first-order chi connectivity index (χ1) is 6.20. The minimum atomic E-state index is 0.272. The molecule has 0 spiro atoms. The first kappa shape index (κ1) is 9.81. The predicted molar refractivity (Wildman–Crippen MR) is 55.1 cm³/mol. The number of fused-ring (bicyclic) bond motifs is 2. The van der Waals surface area contributed by atoms with E-state index in [0.29, 0.717) is 29.1 Å². The fourth-order valence-electron chi connectivity index (χ4n) is 3.18. The average Bonchev–Trinajstić information content (AvgIpc) is 2.63. The molecular formula is C10H18O2S. The molecule has 0 aromatic carbocycles. The van der Waals surface area contributed by atoms with Crippen LogP contribution < -0.4 is 0 Å². The Kier molecular flexibility index (Phi) is 2.60. The molecule has 0 radical (unpaired) electrons. The molecule has 13 heavy (non-hydrogen) atoms. The van der Waals surface area contributed by atoms with Crippen molar-refractivity contribution in [3.63, 3.8) is 0 Å². The Labute approximate surface area is 85.4 Å². The summed E-state index contributed by atoms with van der Waals surface area (Å²) in [5.74, 6) is 1.92. The van der Waals surface area contributed by atoms with Crippen molar-refractivity contribution < 1.29 is 9.47 Å². The standard InChI is InChI=1S/C10H18O2S/c1-5-6-4-7(10(5)13)9(12-3)8(6)11-2/h5-10,13H,4H2,1-3H3/t5-,6?,7?,8?,9?,10?/m0/s1. The summed E-state index contributed by atoms with van der Waals surface area (Å²) in [7, 11) is 3.57. The summed E-state index contributed by atoms with van der Waals surface area (Å²) >= 11 is 4.65. The first-order valence-corrected chi connectivity index (χ1v) is 5.46. The van der Waals surface area contributed by atoms with Crippen molar-refractivity contribution in [2.75, 3.05) is 14.2 Å². The smallest absolute Gasteiger partial charge is 0.0874 e. The van der Waals surface area contributed by atoms with Crippen molar-refractivity contribution in [1.29, 1.82) is 0 Å². The zero-order valence-electron chi connectivity index (χ0n) is 8.43. The Morgan fingerprint density at radius 1 is 1.08 bits per heavy atom. The van der Waals surface area contributed by atoms with Crippen LogP contribution in [0, 0.1) is 17.8 Å². The molecule has 2 fully saturated rings. The minimum Gasteiger partial charge on any atom is -0.378 e. The summed E-state index contributed by atoms with van der Waals surface area (Å²) in [5, 5.41) is 0.501. The molecule has 2 aliphatic rings. The van der Waals surface area contributed by atoms with E-state index in [1.54, 1.807) is 14.2 Å². The lowest BCUT2D eigenvalue weighted by molar-refractivity contribution is -0.0730. The van der Waals surface area contributed by atoms with Gasteiger partial charge in [-0.25, -0.2) is 0 Å². The highest BCUT2D eigenvalue weighted by Gasteiger charge is 2.56. The zero-order valence-corrected chi connectivity index (χ0v) is 9.33. The van der Waals surface area contributed by atoms with Gasteiger partial charge in [0.1, 0.15) is 0 Å². The van der Waals surface area contributed by atoms with Gasteiger partial charge in [0.2, 0.25) is 0 Å². The van der Waals surface area contributed by atoms with Gasteiger partial charge in [-0.15, -0.1) is 0 Å². The van der Waals surface area contributed by atoms with Crippen molar-refractivity contribution in [2.45, 2.75) is 30.8 Å². The summed E-state index contributed by atoms with van der Waals surface area (Å²) in [4.78, 5) is 0. The molecule has 6 atom stereocenters. The Hall–Kier alpha value is 0.270. The Balaban J connectivity index is 2.17. The predicted octanol–water partition coefficient (Wildman–Crippen LogP) is 1.60. The quantitative estimate of drug-likeness (QED) is 0.686. The van der Waals surface area contributed by atoms with Crippen LogP contribution in [0.4, 0.5) is 0 Å².